The Kier molecular flexibility index (Phi) is 11.1. The molecule has 2 aliphatic heterocycles. The first-order valence-electron chi connectivity index (χ1n) is 17.3. The molecule has 0 amide bonds. The summed E-state index contributed by atoms with van der Waals surface area (Å²) < 4.78 is 33.5. The first kappa shape index (κ1) is 38.8. The van der Waals surface area contributed by atoms with E-state index in [0.29, 0.717) is 22.3 Å². The van der Waals surface area contributed by atoms with Crippen molar-refractivity contribution in [2.24, 2.45) is 11.8 Å². The van der Waals surface area contributed by atoms with Gasteiger partial charge in [-0.05, 0) is 70.8 Å². The van der Waals surface area contributed by atoms with Crippen molar-refractivity contribution in [2.45, 2.75) is 36.3 Å². The van der Waals surface area contributed by atoms with Gasteiger partial charge in [0.05, 0.1) is 78.3 Å². The van der Waals surface area contributed by atoms with Crippen molar-refractivity contribution in [3.05, 3.63) is 82.9 Å². The second kappa shape index (κ2) is 15.4. The molecule has 54 heavy (non-hydrogen) atoms. The van der Waals surface area contributed by atoms with E-state index in [1.807, 2.05) is 0 Å². The van der Waals surface area contributed by atoms with Gasteiger partial charge in [0.15, 0.2) is 46.0 Å². The average molecular weight is 751 g/mol. The van der Waals surface area contributed by atoms with E-state index < -0.39 is 48.5 Å². The summed E-state index contributed by atoms with van der Waals surface area (Å²) in [7, 11) is 5.55. The molecule has 0 aromatic heterocycles. The van der Waals surface area contributed by atoms with Crippen LogP contribution in [-0.2, 0) is 22.3 Å². The van der Waals surface area contributed by atoms with Crippen LogP contribution in [0.5, 0.6) is 46.0 Å². The molecule has 0 aliphatic carbocycles. The Morgan fingerprint density at radius 2 is 0.926 bits per heavy atom. The topological polar surface area (TPSA) is 217 Å². The van der Waals surface area contributed by atoms with Crippen LogP contribution in [0.2, 0.25) is 0 Å². The molecule has 0 saturated carbocycles. The molecule has 14 nitrogen and oxygen atoms in total. The number of rotatable bonds is 13. The van der Waals surface area contributed by atoms with Crippen LogP contribution in [-0.4, -0.2) is 107 Å². The van der Waals surface area contributed by atoms with E-state index in [-0.39, 0.29) is 83.2 Å². The van der Waals surface area contributed by atoms with Gasteiger partial charge in [-0.3, -0.25) is 0 Å². The quantitative estimate of drug-likeness (QED) is 0.0982. The number of aromatic hydroxyl groups is 4. The largest absolute Gasteiger partial charge is 0.504 e. The minimum absolute atomic E-state index is 0.0458. The van der Waals surface area contributed by atoms with Gasteiger partial charge in [0.1, 0.15) is 0 Å². The summed E-state index contributed by atoms with van der Waals surface area (Å²) in [6.45, 7) is -1.17. The molecular formula is C40H46O14. The first-order valence-corrected chi connectivity index (χ1v) is 17.3. The molecule has 6 atom stereocenters. The fraction of sp³-hybridized carbons (Fsp3) is 0.400. The van der Waals surface area contributed by atoms with Gasteiger partial charge < -0.3 is 69.3 Å². The van der Waals surface area contributed by atoms with Crippen LogP contribution in [0.15, 0.2) is 60.7 Å². The lowest BCUT2D eigenvalue weighted by Gasteiger charge is -2.30. The van der Waals surface area contributed by atoms with Crippen LogP contribution in [0, 0.1) is 11.8 Å². The van der Waals surface area contributed by atoms with Gasteiger partial charge >= 0.3 is 0 Å². The second-order valence-electron chi connectivity index (χ2n) is 13.9. The molecule has 0 radical (unpaired) electrons. The number of hydrogen-bond donors (Lipinski definition) is 8. The zero-order valence-electron chi connectivity index (χ0n) is 30.4. The van der Waals surface area contributed by atoms with Gasteiger partial charge in [-0.1, -0.05) is 12.1 Å². The molecule has 8 N–H and O–H groups in total. The highest BCUT2D eigenvalue weighted by atomic mass is 16.5. The Balaban J connectivity index is 1.33. The maximum absolute atomic E-state index is 12.0. The summed E-state index contributed by atoms with van der Waals surface area (Å²) in [6, 6.07) is 15.6. The van der Waals surface area contributed by atoms with Gasteiger partial charge in [0.25, 0.3) is 0 Å². The van der Waals surface area contributed by atoms with Crippen molar-refractivity contribution in [1.29, 1.82) is 0 Å². The maximum atomic E-state index is 12.0. The van der Waals surface area contributed by atoms with Crippen LogP contribution >= 0.6 is 0 Å². The van der Waals surface area contributed by atoms with E-state index in [4.69, 9.17) is 28.4 Å². The Morgan fingerprint density at radius 1 is 0.556 bits per heavy atom. The molecule has 2 saturated heterocycles. The number of hydrogen-bond acceptors (Lipinski definition) is 14. The summed E-state index contributed by atoms with van der Waals surface area (Å²) in [5.74, 6) is -1.83. The highest BCUT2D eigenvalue weighted by molar-refractivity contribution is 5.81. The Labute approximate surface area is 311 Å². The summed E-state index contributed by atoms with van der Waals surface area (Å²) in [5.41, 5.74) is -0.782. The zero-order valence-corrected chi connectivity index (χ0v) is 30.4. The molecular weight excluding hydrogens is 704 g/mol. The average Bonchev–Trinajstić information content (AvgIpc) is 3.68. The smallest absolute Gasteiger partial charge is 0.165 e. The van der Waals surface area contributed by atoms with Crippen molar-refractivity contribution in [3.63, 3.8) is 0 Å². The summed E-state index contributed by atoms with van der Waals surface area (Å²) in [5, 5.41) is 87.9. The molecule has 4 aromatic carbocycles. The van der Waals surface area contributed by atoms with E-state index in [1.165, 1.54) is 40.6 Å². The van der Waals surface area contributed by atoms with Gasteiger partial charge in [0.2, 0.25) is 0 Å². The lowest BCUT2D eigenvalue weighted by atomic mass is 9.79. The number of ether oxygens (including phenoxy) is 6. The van der Waals surface area contributed by atoms with Crippen molar-refractivity contribution >= 4 is 0 Å². The van der Waals surface area contributed by atoms with E-state index >= 15 is 0 Å². The number of aliphatic hydroxyl groups excluding tert-OH is 2. The molecule has 0 spiro atoms. The number of phenolic OH excluding ortho intramolecular Hbond substituents is 4. The lowest BCUT2D eigenvalue weighted by molar-refractivity contribution is -0.0155. The summed E-state index contributed by atoms with van der Waals surface area (Å²) >= 11 is 0. The Morgan fingerprint density at radius 3 is 1.26 bits per heavy atom. The first-order chi connectivity index (χ1) is 25.8. The van der Waals surface area contributed by atoms with Crippen molar-refractivity contribution in [1.82, 2.24) is 0 Å². The molecule has 2 heterocycles. The summed E-state index contributed by atoms with van der Waals surface area (Å²) in [6.07, 6.45) is -1.57. The SMILES string of the molecule is COc1cc([C@H]2OC[C@@](O)(Cc3cc(OC)c(O)c(-c4cc(C[C@]5(O)CO[C@H](c6ccc(O)c(OC)c6)[C@H]5CO)cc(OC)c4O)c3)[C@@H]2CO)ccc1O. The normalized spacial score (nSPS) is 25.1. The number of benzene rings is 4. The Hall–Kier alpha value is -4.96. The van der Waals surface area contributed by atoms with E-state index in [9.17, 15) is 40.9 Å². The highest BCUT2D eigenvalue weighted by Crippen LogP contribution is 2.50. The minimum Gasteiger partial charge on any atom is -0.504 e. The molecule has 2 fully saturated rings. The third-order valence-electron chi connectivity index (χ3n) is 10.6. The van der Waals surface area contributed by atoms with E-state index in [2.05, 4.69) is 0 Å². The summed E-state index contributed by atoms with van der Waals surface area (Å²) in [4.78, 5) is 0. The van der Waals surface area contributed by atoms with E-state index in [1.54, 1.807) is 48.5 Å². The zero-order chi connectivity index (χ0) is 38.9. The van der Waals surface area contributed by atoms with Gasteiger partial charge in [-0.2, -0.15) is 0 Å². The van der Waals surface area contributed by atoms with Gasteiger partial charge in [0, 0.05) is 35.8 Å². The monoisotopic (exact) mass is 750 g/mol. The number of methoxy groups -OCH3 is 4. The van der Waals surface area contributed by atoms with Gasteiger partial charge in [-0.15, -0.1) is 0 Å². The predicted molar refractivity (Wildman–Crippen MR) is 193 cm³/mol. The maximum Gasteiger partial charge on any atom is 0.165 e. The van der Waals surface area contributed by atoms with Crippen LogP contribution < -0.4 is 18.9 Å². The molecule has 0 unspecified atom stereocenters. The molecule has 14 heteroatoms. The van der Waals surface area contributed by atoms with Gasteiger partial charge in [-0.25, -0.2) is 0 Å². The second-order valence-corrected chi connectivity index (χ2v) is 13.9. The van der Waals surface area contributed by atoms with Crippen molar-refractivity contribution in [3.8, 4) is 57.1 Å². The van der Waals surface area contributed by atoms with Crippen LogP contribution in [0.1, 0.15) is 34.5 Å². The standard InChI is InChI=1S/C40H46O14/c1-49-31-13-23(5-7-29(31)43)37-27(17-41)39(47,19-53-37)15-21-9-25(35(45)33(11-21)51-3)26-10-22(12-34(52-4)36(26)46)16-40(48)20-54-38(28(40)18-42)24-6-8-30(44)32(14-24)50-2/h5-14,27-28,37-38,41-48H,15-20H2,1-4H3/t27-,28-,37-,38-,39+,40+/m1/s1. The molecule has 6 rings (SSSR count). The van der Waals surface area contributed by atoms with Crippen LogP contribution in [0.3, 0.4) is 0 Å². The fourth-order valence-electron chi connectivity index (χ4n) is 7.74. The lowest BCUT2D eigenvalue weighted by Crippen LogP contribution is -2.42. The molecule has 4 aromatic rings. The van der Waals surface area contributed by atoms with Crippen LogP contribution in [0.4, 0.5) is 0 Å². The third-order valence-corrected chi connectivity index (χ3v) is 10.6. The third kappa shape index (κ3) is 7.04. The molecule has 2 aliphatic rings. The fourth-order valence-corrected chi connectivity index (χ4v) is 7.74. The molecule has 290 valence electrons. The number of aliphatic hydroxyl groups is 4. The van der Waals surface area contributed by atoms with Crippen molar-refractivity contribution < 1.29 is 69.3 Å². The molecule has 0 bridgehead atoms. The van der Waals surface area contributed by atoms with Crippen molar-refractivity contribution in [2.75, 3.05) is 54.9 Å². The minimum atomic E-state index is -1.59. The number of phenols is 4. The van der Waals surface area contributed by atoms with Crippen LogP contribution in [0.25, 0.3) is 11.1 Å². The van der Waals surface area contributed by atoms with E-state index in [0.717, 1.165) is 0 Å². The predicted octanol–water partition coefficient (Wildman–Crippen LogP) is 3.52. The highest BCUT2D eigenvalue weighted by Gasteiger charge is 2.50. The Bertz CT molecular complexity index is 1840.